The molecule has 0 saturated carbocycles. The van der Waals surface area contributed by atoms with Crippen molar-refractivity contribution in [3.8, 4) is 5.75 Å². The van der Waals surface area contributed by atoms with E-state index in [1.165, 1.54) is 5.56 Å². The number of piperidine rings is 1. The van der Waals surface area contributed by atoms with Crippen LogP contribution >= 0.6 is 11.3 Å². The number of methoxy groups -OCH3 is 1. The summed E-state index contributed by atoms with van der Waals surface area (Å²) in [5.41, 5.74) is 2.32. The molecular weight excluding hydrogens is 394 g/mol. The monoisotopic (exact) mass is 421 g/mol. The molecule has 2 aromatic carbocycles. The Morgan fingerprint density at radius 1 is 1.10 bits per heavy atom. The fraction of sp³-hybridized carbons (Fsp3) is 0.417. The molecule has 0 spiro atoms. The normalized spacial score (nSPS) is 17.9. The Kier molecular flexibility index (Phi) is 5.34. The molecule has 0 unspecified atom stereocenters. The van der Waals surface area contributed by atoms with Crippen molar-refractivity contribution in [2.75, 3.05) is 38.2 Å². The predicted octanol–water partition coefficient (Wildman–Crippen LogP) is 4.22. The lowest BCUT2D eigenvalue weighted by atomic mass is 9.89. The molecule has 3 aromatic rings. The van der Waals surface area contributed by atoms with Crippen molar-refractivity contribution in [3.05, 3.63) is 54.1 Å². The number of carbonyl (C=O) groups excluding carboxylic acids is 1. The topological polar surface area (TPSA) is 45.7 Å². The highest BCUT2D eigenvalue weighted by molar-refractivity contribution is 7.22. The van der Waals surface area contributed by atoms with Crippen LogP contribution in [0.4, 0.5) is 5.13 Å². The summed E-state index contributed by atoms with van der Waals surface area (Å²) in [6.07, 6.45) is 3.34. The number of rotatable bonds is 5. The summed E-state index contributed by atoms with van der Waals surface area (Å²) in [4.78, 5) is 22.0. The summed E-state index contributed by atoms with van der Waals surface area (Å²) in [7, 11) is 1.68. The first-order chi connectivity index (χ1) is 14.7. The average Bonchev–Trinajstić information content (AvgIpc) is 3.17. The summed E-state index contributed by atoms with van der Waals surface area (Å²) in [5.74, 6) is 1.92. The molecule has 3 heterocycles. The molecule has 5 rings (SSSR count). The van der Waals surface area contributed by atoms with Gasteiger partial charge in [0.1, 0.15) is 11.3 Å². The molecule has 0 bridgehead atoms. The molecule has 0 radical (unpaired) electrons. The van der Waals surface area contributed by atoms with E-state index in [4.69, 9.17) is 9.72 Å². The van der Waals surface area contributed by atoms with Crippen molar-refractivity contribution in [3.63, 3.8) is 0 Å². The van der Waals surface area contributed by atoms with Gasteiger partial charge in [0.15, 0.2) is 5.13 Å². The molecule has 2 aliphatic heterocycles. The number of fused-ring (bicyclic) bond motifs is 1. The van der Waals surface area contributed by atoms with Crippen molar-refractivity contribution in [1.82, 2.24) is 9.88 Å². The van der Waals surface area contributed by atoms with Gasteiger partial charge in [-0.2, -0.15) is 0 Å². The number of hydrogen-bond acceptors (Lipinski definition) is 5. The molecule has 1 amide bonds. The van der Waals surface area contributed by atoms with Gasteiger partial charge in [-0.15, -0.1) is 0 Å². The van der Waals surface area contributed by atoms with Gasteiger partial charge in [0.25, 0.3) is 0 Å². The van der Waals surface area contributed by atoms with E-state index in [9.17, 15) is 4.79 Å². The van der Waals surface area contributed by atoms with Crippen LogP contribution in [0.2, 0.25) is 0 Å². The number of ether oxygens (including phenoxy) is 1. The molecule has 0 aliphatic carbocycles. The summed E-state index contributed by atoms with van der Waals surface area (Å²) in [6.45, 7) is 3.33. The summed E-state index contributed by atoms with van der Waals surface area (Å²) >= 11 is 1.67. The molecule has 5 nitrogen and oxygen atoms in total. The second-order valence-electron chi connectivity index (χ2n) is 8.36. The smallest absolute Gasteiger partial charge is 0.229 e. The minimum absolute atomic E-state index is 0.101. The van der Waals surface area contributed by atoms with E-state index in [0.29, 0.717) is 11.8 Å². The molecule has 1 aromatic heterocycles. The highest BCUT2D eigenvalue weighted by Gasteiger charge is 2.37. The lowest BCUT2D eigenvalue weighted by Crippen LogP contribution is -2.55. The largest absolute Gasteiger partial charge is 0.494 e. The number of carbonyl (C=O) groups is 1. The number of para-hydroxylation sites is 1. The van der Waals surface area contributed by atoms with Gasteiger partial charge in [-0.3, -0.25) is 4.79 Å². The Balaban J connectivity index is 1.14. The molecule has 0 atom stereocenters. The van der Waals surface area contributed by atoms with Crippen LogP contribution in [0.15, 0.2) is 48.5 Å². The maximum absolute atomic E-state index is 13.0. The Labute approximate surface area is 181 Å². The predicted molar refractivity (Wildman–Crippen MR) is 121 cm³/mol. The van der Waals surface area contributed by atoms with Crippen LogP contribution in [0.3, 0.4) is 0 Å². The minimum atomic E-state index is 0.101. The van der Waals surface area contributed by atoms with Gasteiger partial charge < -0.3 is 14.5 Å². The Bertz CT molecular complexity index is 1020. The third-order valence-corrected chi connectivity index (χ3v) is 7.47. The van der Waals surface area contributed by atoms with Crippen LogP contribution in [-0.2, 0) is 11.2 Å². The number of amides is 1. The van der Waals surface area contributed by atoms with E-state index in [-0.39, 0.29) is 5.92 Å². The number of hydrogen-bond donors (Lipinski definition) is 0. The van der Waals surface area contributed by atoms with Crippen molar-refractivity contribution >= 4 is 32.6 Å². The number of nitrogens with zero attached hydrogens (tertiary/aromatic N) is 3. The van der Waals surface area contributed by atoms with Crippen molar-refractivity contribution in [1.29, 1.82) is 0 Å². The van der Waals surface area contributed by atoms with Crippen LogP contribution in [0, 0.1) is 11.8 Å². The second kappa shape index (κ2) is 8.26. The maximum atomic E-state index is 13.0. The van der Waals surface area contributed by atoms with Crippen LogP contribution in [0.5, 0.6) is 5.75 Å². The SMILES string of the molecule is COc1cccc2sc(N3CC(C(=O)N4CCC(Cc5ccccc5)CC4)C3)nc12. The van der Waals surface area contributed by atoms with Crippen LogP contribution in [0.25, 0.3) is 10.2 Å². The number of aromatic nitrogens is 1. The fourth-order valence-electron chi connectivity index (χ4n) is 4.57. The molecule has 2 aliphatic rings. The van der Waals surface area contributed by atoms with Gasteiger partial charge in [0.2, 0.25) is 5.91 Å². The molecule has 0 N–H and O–H groups in total. The number of thiazole rings is 1. The molecule has 2 saturated heterocycles. The number of likely N-dealkylation sites (tertiary alicyclic amines) is 1. The van der Waals surface area contributed by atoms with Gasteiger partial charge >= 0.3 is 0 Å². The zero-order chi connectivity index (χ0) is 20.5. The van der Waals surface area contributed by atoms with E-state index < -0.39 is 0 Å². The molecule has 30 heavy (non-hydrogen) atoms. The van der Waals surface area contributed by atoms with E-state index in [2.05, 4.69) is 46.2 Å². The molecule has 2 fully saturated rings. The lowest BCUT2D eigenvalue weighted by molar-refractivity contribution is -0.137. The first-order valence-corrected chi connectivity index (χ1v) is 11.5. The summed E-state index contributed by atoms with van der Waals surface area (Å²) < 4.78 is 6.55. The number of anilines is 1. The van der Waals surface area contributed by atoms with Gasteiger partial charge in [0, 0.05) is 26.2 Å². The maximum Gasteiger partial charge on any atom is 0.229 e. The number of benzene rings is 2. The standard InChI is InChI=1S/C24H27N3O2S/c1-29-20-8-5-9-21-22(20)25-24(30-21)27-15-19(16-27)23(28)26-12-10-18(11-13-26)14-17-6-3-2-4-7-17/h2-9,18-19H,10-16H2,1H3. The van der Waals surface area contributed by atoms with Crippen molar-refractivity contribution in [2.24, 2.45) is 11.8 Å². The summed E-state index contributed by atoms with van der Waals surface area (Å²) in [5, 5.41) is 0.986. The highest BCUT2D eigenvalue weighted by Crippen LogP contribution is 2.37. The van der Waals surface area contributed by atoms with Crippen molar-refractivity contribution in [2.45, 2.75) is 19.3 Å². The van der Waals surface area contributed by atoms with Crippen LogP contribution < -0.4 is 9.64 Å². The fourth-order valence-corrected chi connectivity index (χ4v) is 5.57. The zero-order valence-electron chi connectivity index (χ0n) is 17.3. The second-order valence-corrected chi connectivity index (χ2v) is 9.37. The van der Waals surface area contributed by atoms with Gasteiger partial charge in [-0.25, -0.2) is 4.98 Å². The minimum Gasteiger partial charge on any atom is -0.494 e. The highest BCUT2D eigenvalue weighted by atomic mass is 32.1. The van der Waals surface area contributed by atoms with Gasteiger partial charge in [-0.1, -0.05) is 47.7 Å². The van der Waals surface area contributed by atoms with Gasteiger partial charge in [-0.05, 0) is 42.9 Å². The van der Waals surface area contributed by atoms with E-state index in [1.54, 1.807) is 18.4 Å². The summed E-state index contributed by atoms with van der Waals surface area (Å²) in [6, 6.07) is 16.7. The average molecular weight is 422 g/mol. The first-order valence-electron chi connectivity index (χ1n) is 10.7. The Hall–Kier alpha value is -2.60. The first kappa shape index (κ1) is 19.4. The Morgan fingerprint density at radius 2 is 1.87 bits per heavy atom. The van der Waals surface area contributed by atoms with Gasteiger partial charge in [0.05, 0.1) is 17.7 Å². The van der Waals surface area contributed by atoms with E-state index in [0.717, 1.165) is 66.5 Å². The van der Waals surface area contributed by atoms with Crippen LogP contribution in [-0.4, -0.2) is 49.1 Å². The van der Waals surface area contributed by atoms with Crippen molar-refractivity contribution < 1.29 is 9.53 Å². The quantitative estimate of drug-likeness (QED) is 0.619. The lowest BCUT2D eigenvalue weighted by Gasteiger charge is -2.42. The van der Waals surface area contributed by atoms with Crippen LogP contribution in [0.1, 0.15) is 18.4 Å². The molecule has 6 heteroatoms. The molecule has 156 valence electrons. The van der Waals surface area contributed by atoms with E-state index >= 15 is 0 Å². The molecular formula is C24H27N3O2S. The third-order valence-electron chi connectivity index (χ3n) is 6.39. The Morgan fingerprint density at radius 3 is 2.60 bits per heavy atom. The van der Waals surface area contributed by atoms with E-state index in [1.807, 2.05) is 12.1 Å². The third kappa shape index (κ3) is 3.76. The zero-order valence-corrected chi connectivity index (χ0v) is 18.1.